The molecule has 1 fully saturated rings. The lowest BCUT2D eigenvalue weighted by Crippen LogP contribution is -2.49. The number of nitrogen functional groups attached to an aromatic ring is 1. The minimum atomic E-state index is -3.66. The van der Waals surface area contributed by atoms with Gasteiger partial charge in [0.05, 0.1) is 16.5 Å². The van der Waals surface area contributed by atoms with E-state index in [2.05, 4.69) is 15.1 Å². The average Bonchev–Trinajstić information content (AvgIpc) is 3.04. The van der Waals surface area contributed by atoms with Gasteiger partial charge in [-0.2, -0.15) is 19.4 Å². The van der Waals surface area contributed by atoms with Crippen molar-refractivity contribution in [3.63, 3.8) is 0 Å². The normalized spacial score (nSPS) is 16.1. The molecule has 0 spiro atoms. The average molecular weight is 391 g/mol. The molecule has 142 valence electrons. The molecule has 11 heteroatoms. The van der Waals surface area contributed by atoms with E-state index >= 15 is 0 Å². The number of nitrogens with zero attached hydrogens (tertiary/aromatic N) is 6. The third kappa shape index (κ3) is 3.08. The monoisotopic (exact) mass is 391 g/mol. The van der Waals surface area contributed by atoms with E-state index in [1.54, 1.807) is 17.9 Å². The molecule has 0 amide bonds. The second kappa shape index (κ2) is 6.43. The number of nitrogens with two attached hydrogens (primary N) is 1. The summed E-state index contributed by atoms with van der Waals surface area (Å²) in [6, 6.07) is 4.83. The van der Waals surface area contributed by atoms with E-state index in [1.165, 1.54) is 16.4 Å². The zero-order valence-corrected chi connectivity index (χ0v) is 15.4. The summed E-state index contributed by atoms with van der Waals surface area (Å²) in [6.45, 7) is 1.38. The molecule has 0 atom stereocenters. The molecule has 1 aliphatic rings. The predicted octanol–water partition coefficient (Wildman–Crippen LogP) is 0.595. The highest BCUT2D eigenvalue weighted by Crippen LogP contribution is 2.23. The number of anilines is 2. The standard InChI is InChI=1S/C16H18FN7O2S/c1-22-15-13(10-19-22)14(18)20-16(21-15)23-6-8-24(9-7-23)27(25,26)12-4-2-11(17)3-5-12/h2-5,10H,6-9H2,1H3,(H2,18,20,21). The van der Waals surface area contributed by atoms with Crippen molar-refractivity contribution < 1.29 is 12.8 Å². The molecule has 1 saturated heterocycles. The maximum Gasteiger partial charge on any atom is 0.243 e. The Hall–Kier alpha value is -2.79. The van der Waals surface area contributed by atoms with Crippen LogP contribution in [0.1, 0.15) is 0 Å². The summed E-state index contributed by atoms with van der Waals surface area (Å²) in [5.74, 6) is 0.311. The summed E-state index contributed by atoms with van der Waals surface area (Å²) in [6.07, 6.45) is 1.61. The molecule has 0 bridgehead atoms. The molecule has 9 nitrogen and oxygen atoms in total. The highest BCUT2D eigenvalue weighted by atomic mass is 32.2. The number of fused-ring (bicyclic) bond motifs is 1. The molecule has 2 aromatic heterocycles. The minimum Gasteiger partial charge on any atom is -0.383 e. The molecule has 0 saturated carbocycles. The lowest BCUT2D eigenvalue weighted by atomic mass is 10.3. The molecule has 3 aromatic rings. The van der Waals surface area contributed by atoms with Crippen LogP contribution < -0.4 is 10.6 Å². The molecule has 0 unspecified atom stereocenters. The van der Waals surface area contributed by atoms with Crippen LogP contribution >= 0.6 is 0 Å². The van der Waals surface area contributed by atoms with Crippen molar-refractivity contribution in [1.29, 1.82) is 0 Å². The smallest absolute Gasteiger partial charge is 0.243 e. The Morgan fingerprint density at radius 3 is 2.41 bits per heavy atom. The van der Waals surface area contributed by atoms with Crippen LogP contribution in [0.3, 0.4) is 0 Å². The zero-order chi connectivity index (χ0) is 19.2. The lowest BCUT2D eigenvalue weighted by Gasteiger charge is -2.34. The number of aryl methyl sites for hydroxylation is 1. The Bertz CT molecular complexity index is 1090. The molecule has 3 heterocycles. The number of aromatic nitrogens is 4. The summed E-state index contributed by atoms with van der Waals surface area (Å²) >= 11 is 0. The third-order valence-corrected chi connectivity index (χ3v) is 6.50. The second-order valence-corrected chi connectivity index (χ2v) is 8.20. The second-order valence-electron chi connectivity index (χ2n) is 6.26. The highest BCUT2D eigenvalue weighted by molar-refractivity contribution is 7.89. The third-order valence-electron chi connectivity index (χ3n) is 4.58. The largest absolute Gasteiger partial charge is 0.383 e. The van der Waals surface area contributed by atoms with Crippen LogP contribution in [0.15, 0.2) is 35.4 Å². The van der Waals surface area contributed by atoms with Gasteiger partial charge in [0.25, 0.3) is 0 Å². The maximum absolute atomic E-state index is 13.1. The van der Waals surface area contributed by atoms with Crippen LogP contribution in [0.25, 0.3) is 11.0 Å². The SMILES string of the molecule is Cn1ncc2c(N)nc(N3CCN(S(=O)(=O)c4ccc(F)cc4)CC3)nc21. The van der Waals surface area contributed by atoms with Crippen LogP contribution in [-0.2, 0) is 17.1 Å². The molecule has 4 rings (SSSR count). The van der Waals surface area contributed by atoms with E-state index in [0.717, 1.165) is 12.1 Å². The minimum absolute atomic E-state index is 0.0779. The predicted molar refractivity (Wildman–Crippen MR) is 98.1 cm³/mol. The quantitative estimate of drug-likeness (QED) is 0.696. The molecule has 0 aliphatic carbocycles. The van der Waals surface area contributed by atoms with Crippen LogP contribution in [0.5, 0.6) is 0 Å². The first kappa shape index (κ1) is 17.6. The first-order valence-electron chi connectivity index (χ1n) is 8.32. The number of sulfonamides is 1. The molecule has 27 heavy (non-hydrogen) atoms. The van der Waals surface area contributed by atoms with Gasteiger partial charge in [-0.1, -0.05) is 0 Å². The van der Waals surface area contributed by atoms with Crippen LogP contribution in [0.4, 0.5) is 16.2 Å². The summed E-state index contributed by atoms with van der Waals surface area (Å²) in [7, 11) is -1.90. The maximum atomic E-state index is 13.1. The van der Waals surface area contributed by atoms with Crippen LogP contribution in [0.2, 0.25) is 0 Å². The van der Waals surface area contributed by atoms with E-state index in [1.807, 2.05) is 4.90 Å². The van der Waals surface area contributed by atoms with E-state index < -0.39 is 15.8 Å². The number of halogens is 1. The molecule has 0 radical (unpaired) electrons. The van der Waals surface area contributed by atoms with Crippen molar-refractivity contribution in [3.05, 3.63) is 36.3 Å². The fourth-order valence-electron chi connectivity index (χ4n) is 3.06. The van der Waals surface area contributed by atoms with E-state index in [0.29, 0.717) is 35.9 Å². The van der Waals surface area contributed by atoms with Gasteiger partial charge in [-0.3, -0.25) is 4.68 Å². The summed E-state index contributed by atoms with van der Waals surface area (Å²) in [4.78, 5) is 10.8. The Morgan fingerprint density at radius 2 is 1.74 bits per heavy atom. The summed E-state index contributed by atoms with van der Waals surface area (Å²) < 4.78 is 41.5. The fraction of sp³-hybridized carbons (Fsp3) is 0.312. The van der Waals surface area contributed by atoms with Crippen molar-refractivity contribution >= 4 is 32.8 Å². The van der Waals surface area contributed by atoms with Gasteiger partial charge in [-0.05, 0) is 24.3 Å². The number of hydrogen-bond donors (Lipinski definition) is 1. The zero-order valence-electron chi connectivity index (χ0n) is 14.6. The van der Waals surface area contributed by atoms with Crippen molar-refractivity contribution in [1.82, 2.24) is 24.1 Å². The van der Waals surface area contributed by atoms with Gasteiger partial charge in [0, 0.05) is 33.2 Å². The Balaban J connectivity index is 1.54. The molecular formula is C16H18FN7O2S. The van der Waals surface area contributed by atoms with Gasteiger partial charge in [-0.15, -0.1) is 0 Å². The van der Waals surface area contributed by atoms with Gasteiger partial charge in [0.2, 0.25) is 16.0 Å². The van der Waals surface area contributed by atoms with Gasteiger partial charge in [0.1, 0.15) is 11.6 Å². The van der Waals surface area contributed by atoms with Crippen molar-refractivity contribution in [2.24, 2.45) is 7.05 Å². The number of piperazine rings is 1. The molecular weight excluding hydrogens is 373 g/mol. The highest BCUT2D eigenvalue weighted by Gasteiger charge is 2.29. The van der Waals surface area contributed by atoms with Gasteiger partial charge >= 0.3 is 0 Å². The van der Waals surface area contributed by atoms with Crippen LogP contribution in [-0.4, -0.2) is 58.7 Å². The lowest BCUT2D eigenvalue weighted by molar-refractivity contribution is 0.382. The molecule has 2 N–H and O–H groups in total. The Kier molecular flexibility index (Phi) is 4.19. The first-order chi connectivity index (χ1) is 12.9. The van der Waals surface area contributed by atoms with Crippen LogP contribution in [0, 0.1) is 5.82 Å². The Morgan fingerprint density at radius 1 is 1.07 bits per heavy atom. The van der Waals surface area contributed by atoms with E-state index in [9.17, 15) is 12.8 Å². The summed E-state index contributed by atoms with van der Waals surface area (Å²) in [5, 5.41) is 4.81. The number of benzene rings is 1. The van der Waals surface area contributed by atoms with Crippen molar-refractivity contribution in [3.8, 4) is 0 Å². The molecule has 1 aliphatic heterocycles. The summed E-state index contributed by atoms with van der Waals surface area (Å²) in [5.41, 5.74) is 6.62. The fourth-order valence-corrected chi connectivity index (χ4v) is 4.48. The van der Waals surface area contributed by atoms with Gasteiger partial charge in [0.15, 0.2) is 5.65 Å². The van der Waals surface area contributed by atoms with Crippen molar-refractivity contribution in [2.45, 2.75) is 4.90 Å². The van der Waals surface area contributed by atoms with E-state index in [4.69, 9.17) is 5.73 Å². The van der Waals surface area contributed by atoms with Gasteiger partial charge in [-0.25, -0.2) is 12.8 Å². The number of hydrogen-bond acceptors (Lipinski definition) is 7. The topological polar surface area (TPSA) is 110 Å². The first-order valence-corrected chi connectivity index (χ1v) is 9.76. The van der Waals surface area contributed by atoms with Crippen molar-refractivity contribution in [2.75, 3.05) is 36.8 Å². The van der Waals surface area contributed by atoms with Gasteiger partial charge < -0.3 is 10.6 Å². The Labute approximate surface area is 155 Å². The molecule has 1 aromatic carbocycles. The number of rotatable bonds is 3. The van der Waals surface area contributed by atoms with E-state index in [-0.39, 0.29) is 18.0 Å².